The lowest BCUT2D eigenvalue weighted by molar-refractivity contribution is -0.137. The molecule has 0 saturated heterocycles. The number of halogens is 3. The second-order valence-electron chi connectivity index (χ2n) is 8.64. The Labute approximate surface area is 212 Å². The summed E-state index contributed by atoms with van der Waals surface area (Å²) in [5, 5.41) is 0. The maximum Gasteiger partial charge on any atom is 0.416 e. The zero-order valence-electron chi connectivity index (χ0n) is 20.0. The van der Waals surface area contributed by atoms with Crippen LogP contribution < -0.4 is 4.74 Å². The number of hydrogen-bond donors (Lipinski definition) is 0. The molecule has 5 rings (SSSR count). The molecular weight excluding hydrogens is 477 g/mol. The average Bonchev–Trinajstić information content (AvgIpc) is 3.28. The second-order valence-corrected chi connectivity index (χ2v) is 8.64. The number of oxazole rings is 1. The first kappa shape index (κ1) is 24.3. The largest absolute Gasteiger partial charge is 0.489 e. The first-order valence-corrected chi connectivity index (χ1v) is 11.7. The van der Waals surface area contributed by atoms with E-state index in [1.54, 1.807) is 12.4 Å². The van der Waals surface area contributed by atoms with Gasteiger partial charge >= 0.3 is 6.18 Å². The first-order chi connectivity index (χ1) is 17.8. The third-order valence-corrected chi connectivity index (χ3v) is 6.02. The molecule has 0 unspecified atom stereocenters. The van der Waals surface area contributed by atoms with E-state index in [4.69, 9.17) is 14.1 Å². The smallest absolute Gasteiger partial charge is 0.416 e. The number of nitrogens with zero attached hydrogens (tertiary/aromatic N) is 2. The maximum atomic E-state index is 12.7. The molecular formula is C30H23F3N2O2. The third kappa shape index (κ3) is 5.89. The summed E-state index contributed by atoms with van der Waals surface area (Å²) in [6, 6.07) is 24.5. The lowest BCUT2D eigenvalue weighted by atomic mass is 10.1. The van der Waals surface area contributed by atoms with Gasteiger partial charge in [0.1, 0.15) is 18.1 Å². The minimum absolute atomic E-state index is 0.184. The molecule has 0 saturated carbocycles. The summed E-state index contributed by atoms with van der Waals surface area (Å²) in [5.41, 5.74) is 4.97. The Bertz CT molecular complexity index is 1460. The number of aryl methyl sites for hydroxylation is 1. The van der Waals surface area contributed by atoms with Gasteiger partial charge in [0.05, 0.1) is 11.3 Å². The molecule has 186 valence electrons. The summed E-state index contributed by atoms with van der Waals surface area (Å²) in [6.45, 7) is 2.09. The number of rotatable bonds is 7. The highest BCUT2D eigenvalue weighted by Crippen LogP contribution is 2.30. The van der Waals surface area contributed by atoms with Crippen molar-refractivity contribution in [3.63, 3.8) is 0 Å². The highest BCUT2D eigenvalue weighted by Gasteiger charge is 2.29. The molecule has 0 N–H and O–H groups in total. The van der Waals surface area contributed by atoms with E-state index in [0.717, 1.165) is 45.8 Å². The van der Waals surface area contributed by atoms with Crippen molar-refractivity contribution in [2.45, 2.75) is 26.1 Å². The first-order valence-electron chi connectivity index (χ1n) is 11.7. The summed E-state index contributed by atoms with van der Waals surface area (Å²) >= 11 is 0. The molecule has 7 heteroatoms. The van der Waals surface area contributed by atoms with Gasteiger partial charge in [-0.05, 0) is 77.7 Å². The van der Waals surface area contributed by atoms with E-state index >= 15 is 0 Å². The molecule has 0 radical (unpaired) electrons. The molecule has 5 aromatic rings. The van der Waals surface area contributed by atoms with E-state index in [1.165, 1.54) is 12.1 Å². The van der Waals surface area contributed by atoms with Crippen LogP contribution >= 0.6 is 0 Å². The van der Waals surface area contributed by atoms with Gasteiger partial charge in [0, 0.05) is 24.4 Å². The van der Waals surface area contributed by atoms with Crippen LogP contribution in [0.3, 0.4) is 0 Å². The van der Waals surface area contributed by atoms with Crippen molar-refractivity contribution in [3.05, 3.63) is 125 Å². The summed E-state index contributed by atoms with van der Waals surface area (Å²) in [5.74, 6) is 1.97. The Morgan fingerprint density at radius 2 is 1.32 bits per heavy atom. The lowest BCUT2D eigenvalue weighted by Gasteiger charge is -2.09. The van der Waals surface area contributed by atoms with Crippen LogP contribution in [-0.4, -0.2) is 9.97 Å². The van der Waals surface area contributed by atoms with Gasteiger partial charge in [-0.3, -0.25) is 4.98 Å². The van der Waals surface area contributed by atoms with Crippen LogP contribution in [-0.2, 0) is 19.2 Å². The quantitative estimate of drug-likeness (QED) is 0.228. The van der Waals surface area contributed by atoms with Gasteiger partial charge < -0.3 is 9.15 Å². The van der Waals surface area contributed by atoms with Gasteiger partial charge in [-0.1, -0.05) is 36.4 Å². The number of ether oxygens (including phenoxy) is 1. The third-order valence-electron chi connectivity index (χ3n) is 6.02. The molecule has 3 aromatic carbocycles. The van der Waals surface area contributed by atoms with Gasteiger partial charge in [-0.2, -0.15) is 13.2 Å². The number of hydrogen-bond acceptors (Lipinski definition) is 4. The number of alkyl halides is 3. The molecule has 0 aliphatic rings. The van der Waals surface area contributed by atoms with E-state index in [1.807, 2.05) is 67.6 Å². The number of benzene rings is 3. The van der Waals surface area contributed by atoms with Crippen molar-refractivity contribution < 1.29 is 22.3 Å². The van der Waals surface area contributed by atoms with Crippen molar-refractivity contribution in [1.82, 2.24) is 9.97 Å². The van der Waals surface area contributed by atoms with Crippen molar-refractivity contribution >= 4 is 0 Å². The molecule has 2 aromatic heterocycles. The van der Waals surface area contributed by atoms with E-state index in [2.05, 4.69) is 4.98 Å². The summed E-state index contributed by atoms with van der Waals surface area (Å²) in [4.78, 5) is 8.77. The fraction of sp³-hybridized carbons (Fsp3) is 0.133. The maximum absolute atomic E-state index is 12.7. The van der Waals surface area contributed by atoms with Crippen LogP contribution in [0.4, 0.5) is 13.2 Å². The minimum atomic E-state index is -4.34. The van der Waals surface area contributed by atoms with Crippen molar-refractivity contribution in [2.24, 2.45) is 0 Å². The summed E-state index contributed by atoms with van der Waals surface area (Å²) in [6.07, 6.45) is -0.206. The molecule has 0 amide bonds. The molecule has 0 aliphatic carbocycles. The SMILES string of the molecule is Cc1oc(-c2ccc(-c3ccncc3)cc2)nc1Cc1ccc(OCc2ccc(C(F)(F)F)cc2)cc1. The van der Waals surface area contributed by atoms with E-state index in [9.17, 15) is 13.2 Å². The predicted molar refractivity (Wildman–Crippen MR) is 135 cm³/mol. The van der Waals surface area contributed by atoms with Crippen molar-refractivity contribution in [2.75, 3.05) is 0 Å². The number of pyridine rings is 1. The van der Waals surface area contributed by atoms with Crippen LogP contribution in [0.25, 0.3) is 22.6 Å². The van der Waals surface area contributed by atoms with E-state index in [-0.39, 0.29) is 6.61 Å². The zero-order chi connectivity index (χ0) is 25.8. The molecule has 0 bridgehead atoms. The topological polar surface area (TPSA) is 48.2 Å². The van der Waals surface area contributed by atoms with Crippen LogP contribution in [0, 0.1) is 6.92 Å². The standard InChI is InChI=1S/C30H23F3N2O2/c1-20-28(35-29(37-20)25-8-6-23(7-9-25)24-14-16-34-17-15-24)18-21-4-12-27(13-5-21)36-19-22-2-10-26(11-3-22)30(31,32)33/h2-17H,18-19H2,1H3. The molecule has 0 spiro atoms. The minimum Gasteiger partial charge on any atom is -0.489 e. The molecule has 0 fully saturated rings. The predicted octanol–water partition coefficient (Wildman–Crippen LogP) is 7.90. The Balaban J connectivity index is 1.21. The van der Waals surface area contributed by atoms with Gasteiger partial charge in [0.15, 0.2) is 0 Å². The summed E-state index contributed by atoms with van der Waals surface area (Å²) < 4.78 is 49.8. The van der Waals surface area contributed by atoms with E-state index < -0.39 is 11.7 Å². The average molecular weight is 501 g/mol. The molecule has 2 heterocycles. The Kier molecular flexibility index (Phi) is 6.77. The normalized spacial score (nSPS) is 11.5. The lowest BCUT2D eigenvalue weighted by Crippen LogP contribution is -2.05. The van der Waals surface area contributed by atoms with Gasteiger partial charge in [-0.15, -0.1) is 0 Å². The highest BCUT2D eigenvalue weighted by atomic mass is 19.4. The monoisotopic (exact) mass is 500 g/mol. The van der Waals surface area contributed by atoms with E-state index in [0.29, 0.717) is 23.6 Å². The Morgan fingerprint density at radius 1 is 0.730 bits per heavy atom. The van der Waals surface area contributed by atoms with Crippen LogP contribution in [0.1, 0.15) is 28.1 Å². The molecule has 0 aliphatic heterocycles. The summed E-state index contributed by atoms with van der Waals surface area (Å²) in [7, 11) is 0. The van der Waals surface area contributed by atoms with Gasteiger partial charge in [0.2, 0.25) is 5.89 Å². The van der Waals surface area contributed by atoms with Crippen LogP contribution in [0.5, 0.6) is 5.75 Å². The fourth-order valence-electron chi connectivity index (χ4n) is 3.92. The molecule has 37 heavy (non-hydrogen) atoms. The van der Waals surface area contributed by atoms with Crippen molar-refractivity contribution in [1.29, 1.82) is 0 Å². The zero-order valence-corrected chi connectivity index (χ0v) is 20.0. The number of aromatic nitrogens is 2. The highest BCUT2D eigenvalue weighted by molar-refractivity contribution is 5.67. The molecule has 0 atom stereocenters. The van der Waals surface area contributed by atoms with Crippen LogP contribution in [0.2, 0.25) is 0 Å². The van der Waals surface area contributed by atoms with Gasteiger partial charge in [0.25, 0.3) is 0 Å². The van der Waals surface area contributed by atoms with Gasteiger partial charge in [-0.25, -0.2) is 4.98 Å². The van der Waals surface area contributed by atoms with Crippen molar-refractivity contribution in [3.8, 4) is 28.3 Å². The van der Waals surface area contributed by atoms with Crippen LogP contribution in [0.15, 0.2) is 102 Å². The Hall–Kier alpha value is -4.39. The fourth-order valence-corrected chi connectivity index (χ4v) is 3.92. The Morgan fingerprint density at radius 3 is 1.97 bits per heavy atom. The molecule has 4 nitrogen and oxygen atoms in total. The second kappa shape index (κ2) is 10.3.